The van der Waals surface area contributed by atoms with Gasteiger partial charge in [0.25, 0.3) is 0 Å². The molecule has 0 aromatic carbocycles. The van der Waals surface area contributed by atoms with Gasteiger partial charge in [-0.25, -0.2) is 9.97 Å². The van der Waals surface area contributed by atoms with Crippen LogP contribution in [0.25, 0.3) is 0 Å². The Morgan fingerprint density at radius 1 is 1.30 bits per heavy atom. The van der Waals surface area contributed by atoms with E-state index < -0.39 is 0 Å². The summed E-state index contributed by atoms with van der Waals surface area (Å²) in [4.78, 5) is 35.9. The Balaban J connectivity index is 1.52. The smallest absolute Gasteiger partial charge is 0.237 e. The van der Waals surface area contributed by atoms with Crippen molar-refractivity contribution in [2.45, 2.75) is 71.4 Å². The van der Waals surface area contributed by atoms with E-state index in [0.717, 1.165) is 30.9 Å². The van der Waals surface area contributed by atoms with Crippen LogP contribution in [0.15, 0.2) is 0 Å². The molecule has 1 fully saturated rings. The van der Waals surface area contributed by atoms with E-state index in [1.165, 1.54) is 24.1 Å². The fourth-order valence-electron chi connectivity index (χ4n) is 4.08. The fraction of sp³-hybridized carbons (Fsp3) is 0.700. The minimum absolute atomic E-state index is 0.0567. The number of nitrogens with zero attached hydrogens (tertiary/aromatic N) is 3. The Morgan fingerprint density at radius 2 is 2.07 bits per heavy atom. The third kappa shape index (κ3) is 4.83. The van der Waals surface area contributed by atoms with Gasteiger partial charge in [-0.05, 0) is 52.0 Å². The predicted octanol–water partition coefficient (Wildman–Crippen LogP) is 0.921. The van der Waals surface area contributed by atoms with Crippen LogP contribution in [0.2, 0.25) is 0 Å². The third-order valence-electron chi connectivity index (χ3n) is 5.52. The van der Waals surface area contributed by atoms with Crippen LogP contribution < -0.4 is 10.6 Å². The van der Waals surface area contributed by atoms with Crippen molar-refractivity contribution in [1.82, 2.24) is 25.5 Å². The highest BCUT2D eigenvalue weighted by Gasteiger charge is 2.32. The number of fused-ring (bicyclic) bond motifs is 1. The molecular formula is C20H31N5O2. The van der Waals surface area contributed by atoms with Gasteiger partial charge < -0.3 is 10.6 Å². The normalized spacial score (nSPS) is 20.3. The summed E-state index contributed by atoms with van der Waals surface area (Å²) in [6.45, 7) is 8.08. The average Bonchev–Trinajstić information content (AvgIpc) is 2.63. The van der Waals surface area contributed by atoms with Gasteiger partial charge in [0.05, 0.1) is 12.5 Å². The molecule has 2 amide bonds. The number of aryl methyl sites for hydroxylation is 2. The molecule has 2 heterocycles. The summed E-state index contributed by atoms with van der Waals surface area (Å²) in [6.07, 6.45) is 5.32. The number of amides is 2. The van der Waals surface area contributed by atoms with E-state index in [9.17, 15) is 9.59 Å². The first-order valence-corrected chi connectivity index (χ1v) is 10.1. The summed E-state index contributed by atoms with van der Waals surface area (Å²) in [5.41, 5.74) is 3.57. The quantitative estimate of drug-likeness (QED) is 0.774. The maximum atomic E-state index is 12.4. The molecule has 1 aliphatic carbocycles. The number of carbonyl (C=O) groups excluding carboxylic acids is 2. The molecule has 0 spiro atoms. The molecule has 3 rings (SSSR count). The SMILES string of the molecule is Cc1nc(CCNC(=O)CC2C(=O)NCCN2C(C)C)nc2c1CCCC2. The number of carbonyl (C=O) groups is 2. The molecule has 0 radical (unpaired) electrons. The molecule has 2 aliphatic rings. The number of aromatic nitrogens is 2. The molecule has 27 heavy (non-hydrogen) atoms. The van der Waals surface area contributed by atoms with Crippen molar-refractivity contribution >= 4 is 11.8 Å². The maximum Gasteiger partial charge on any atom is 0.237 e. The molecule has 148 valence electrons. The largest absolute Gasteiger partial charge is 0.356 e. The lowest BCUT2D eigenvalue weighted by atomic mass is 9.95. The Kier molecular flexibility index (Phi) is 6.42. The van der Waals surface area contributed by atoms with Gasteiger partial charge >= 0.3 is 0 Å². The number of hydrogen-bond donors (Lipinski definition) is 2. The van der Waals surface area contributed by atoms with Crippen molar-refractivity contribution in [3.8, 4) is 0 Å². The van der Waals surface area contributed by atoms with Crippen molar-refractivity contribution in [3.63, 3.8) is 0 Å². The monoisotopic (exact) mass is 373 g/mol. The summed E-state index contributed by atoms with van der Waals surface area (Å²) in [6, 6.07) is -0.151. The molecule has 7 heteroatoms. The summed E-state index contributed by atoms with van der Waals surface area (Å²) < 4.78 is 0. The lowest BCUT2D eigenvalue weighted by Crippen LogP contribution is -2.58. The first-order valence-electron chi connectivity index (χ1n) is 10.1. The Bertz CT molecular complexity index is 704. The molecular weight excluding hydrogens is 342 g/mol. The van der Waals surface area contributed by atoms with E-state index in [2.05, 4.69) is 41.3 Å². The van der Waals surface area contributed by atoms with Crippen molar-refractivity contribution in [2.75, 3.05) is 19.6 Å². The second-order valence-electron chi connectivity index (χ2n) is 7.80. The Labute approximate surface area is 161 Å². The maximum absolute atomic E-state index is 12.4. The van der Waals surface area contributed by atoms with Crippen molar-refractivity contribution in [1.29, 1.82) is 0 Å². The van der Waals surface area contributed by atoms with Crippen molar-refractivity contribution in [2.24, 2.45) is 0 Å². The summed E-state index contributed by atoms with van der Waals surface area (Å²) in [5, 5.41) is 5.79. The first-order chi connectivity index (χ1) is 13.0. The van der Waals surface area contributed by atoms with Crippen LogP contribution >= 0.6 is 0 Å². The third-order valence-corrected chi connectivity index (χ3v) is 5.52. The second-order valence-corrected chi connectivity index (χ2v) is 7.80. The first kappa shape index (κ1) is 19.7. The number of hydrogen-bond acceptors (Lipinski definition) is 5. The zero-order valence-electron chi connectivity index (χ0n) is 16.7. The summed E-state index contributed by atoms with van der Waals surface area (Å²) >= 11 is 0. The van der Waals surface area contributed by atoms with Gasteiger partial charge in [-0.3, -0.25) is 14.5 Å². The second kappa shape index (κ2) is 8.78. The van der Waals surface area contributed by atoms with Crippen molar-refractivity contribution < 1.29 is 9.59 Å². The highest BCUT2D eigenvalue weighted by atomic mass is 16.2. The van der Waals surface area contributed by atoms with Crippen molar-refractivity contribution in [3.05, 3.63) is 22.8 Å². The van der Waals surface area contributed by atoms with E-state index >= 15 is 0 Å². The van der Waals surface area contributed by atoms with Gasteiger partial charge in [-0.2, -0.15) is 0 Å². The minimum atomic E-state index is -0.388. The van der Waals surface area contributed by atoms with Crippen LogP contribution in [0.5, 0.6) is 0 Å². The summed E-state index contributed by atoms with van der Waals surface area (Å²) in [5.74, 6) is 0.642. The molecule has 0 bridgehead atoms. The van der Waals surface area contributed by atoms with Gasteiger partial charge in [0.2, 0.25) is 11.8 Å². The molecule has 1 aliphatic heterocycles. The van der Waals surface area contributed by atoms with Gasteiger partial charge in [-0.1, -0.05) is 0 Å². The molecule has 1 saturated heterocycles. The fourth-order valence-corrected chi connectivity index (χ4v) is 4.08. The molecule has 2 N–H and O–H groups in total. The number of nitrogens with one attached hydrogen (secondary N) is 2. The van der Waals surface area contributed by atoms with Gasteiger partial charge in [-0.15, -0.1) is 0 Å². The highest BCUT2D eigenvalue weighted by molar-refractivity contribution is 5.88. The zero-order chi connectivity index (χ0) is 19.4. The average molecular weight is 374 g/mol. The van der Waals surface area contributed by atoms with E-state index in [-0.39, 0.29) is 30.3 Å². The standard InChI is InChI=1S/C20H31N5O2/c1-13(2)25-11-10-22-20(27)17(25)12-19(26)21-9-8-18-23-14(3)15-6-4-5-7-16(15)24-18/h13,17H,4-12H2,1-3H3,(H,21,26)(H,22,27). The van der Waals surface area contributed by atoms with Crippen LogP contribution in [0.3, 0.4) is 0 Å². The summed E-state index contributed by atoms with van der Waals surface area (Å²) in [7, 11) is 0. The molecule has 0 saturated carbocycles. The molecule has 1 aromatic rings. The van der Waals surface area contributed by atoms with Crippen LogP contribution in [-0.2, 0) is 28.9 Å². The van der Waals surface area contributed by atoms with Crippen LogP contribution in [0, 0.1) is 6.92 Å². The van der Waals surface area contributed by atoms with Crippen LogP contribution in [0.1, 0.15) is 55.9 Å². The van der Waals surface area contributed by atoms with Gasteiger partial charge in [0.15, 0.2) is 0 Å². The van der Waals surface area contributed by atoms with Crippen LogP contribution in [0.4, 0.5) is 0 Å². The van der Waals surface area contributed by atoms with E-state index in [0.29, 0.717) is 19.5 Å². The molecule has 7 nitrogen and oxygen atoms in total. The lowest BCUT2D eigenvalue weighted by molar-refractivity contribution is -0.134. The zero-order valence-corrected chi connectivity index (χ0v) is 16.7. The number of piperazine rings is 1. The highest BCUT2D eigenvalue weighted by Crippen LogP contribution is 2.21. The van der Waals surface area contributed by atoms with E-state index in [4.69, 9.17) is 4.98 Å². The van der Waals surface area contributed by atoms with Gasteiger partial charge in [0.1, 0.15) is 5.82 Å². The van der Waals surface area contributed by atoms with E-state index in [1.54, 1.807) is 0 Å². The van der Waals surface area contributed by atoms with Gasteiger partial charge in [0, 0.05) is 43.5 Å². The number of rotatable bonds is 6. The van der Waals surface area contributed by atoms with Crippen LogP contribution in [-0.4, -0.2) is 58.4 Å². The molecule has 1 aromatic heterocycles. The Hall–Kier alpha value is -2.02. The molecule has 1 unspecified atom stereocenters. The Morgan fingerprint density at radius 3 is 2.85 bits per heavy atom. The minimum Gasteiger partial charge on any atom is -0.356 e. The molecule has 1 atom stereocenters. The van der Waals surface area contributed by atoms with E-state index in [1.807, 2.05) is 0 Å². The topological polar surface area (TPSA) is 87.2 Å². The predicted molar refractivity (Wildman–Crippen MR) is 103 cm³/mol. The lowest BCUT2D eigenvalue weighted by Gasteiger charge is -2.37.